The molecule has 0 radical (unpaired) electrons. The van der Waals surface area contributed by atoms with Crippen LogP contribution in [0.1, 0.15) is 0 Å². The van der Waals surface area contributed by atoms with Crippen molar-refractivity contribution in [2.24, 2.45) is 5.14 Å². The molecule has 0 aliphatic heterocycles. The Balaban J connectivity index is 2.58. The van der Waals surface area contributed by atoms with Crippen LogP contribution in [0, 0.1) is 23.3 Å². The topological polar surface area (TPSA) is 69.9 Å². The summed E-state index contributed by atoms with van der Waals surface area (Å²) in [5, 5.41) is 5.29. The maximum absolute atomic E-state index is 15.4. The van der Waals surface area contributed by atoms with E-state index in [9.17, 15) is 17.2 Å². The van der Waals surface area contributed by atoms with E-state index < -0.39 is 54.9 Å². The third kappa shape index (κ3) is 4.65. The van der Waals surface area contributed by atoms with Gasteiger partial charge in [-0.2, -0.15) is 0 Å². The third-order valence-corrected chi connectivity index (χ3v) is 6.47. The van der Waals surface area contributed by atoms with Crippen LogP contribution in [0.3, 0.4) is 0 Å². The van der Waals surface area contributed by atoms with Crippen LogP contribution in [0.5, 0.6) is 0 Å². The number of halogens is 4. The summed E-state index contributed by atoms with van der Waals surface area (Å²) in [6.45, 7) is 0. The van der Waals surface area contributed by atoms with Crippen molar-refractivity contribution < 1.29 is 26.0 Å². The van der Waals surface area contributed by atoms with E-state index in [2.05, 4.69) is 0 Å². The van der Waals surface area contributed by atoms with Crippen LogP contribution in [-0.4, -0.2) is 50.7 Å². The number of hydrogen-bond acceptors (Lipinski definition) is 5. The second-order valence-electron chi connectivity index (χ2n) is 8.59. The number of benzene rings is 3. The molecule has 3 aromatic rings. The summed E-state index contributed by atoms with van der Waals surface area (Å²) in [5.41, 5.74) is 0.121. The zero-order chi connectivity index (χ0) is 26.4. The van der Waals surface area contributed by atoms with Crippen LogP contribution in [0.2, 0.25) is 0 Å². The lowest BCUT2D eigenvalue weighted by atomic mass is 9.91. The van der Waals surface area contributed by atoms with Crippen LogP contribution in [0.15, 0.2) is 41.3 Å². The first-order valence-electron chi connectivity index (χ1n) is 10.4. The lowest BCUT2D eigenvalue weighted by Crippen LogP contribution is -2.21. The van der Waals surface area contributed by atoms with Crippen LogP contribution in [-0.2, 0) is 10.0 Å². The Morgan fingerprint density at radius 1 is 0.686 bits per heavy atom. The first kappa shape index (κ1) is 26.3. The van der Waals surface area contributed by atoms with Gasteiger partial charge in [0.25, 0.3) is 0 Å². The van der Waals surface area contributed by atoms with Crippen LogP contribution >= 0.6 is 0 Å². The van der Waals surface area contributed by atoms with Crippen molar-refractivity contribution in [2.45, 2.75) is 4.90 Å². The highest BCUT2D eigenvalue weighted by Crippen LogP contribution is 2.46. The summed E-state index contributed by atoms with van der Waals surface area (Å²) >= 11 is 0. The number of primary sulfonamides is 1. The molecule has 3 rings (SSSR count). The van der Waals surface area contributed by atoms with Crippen molar-refractivity contribution in [3.05, 3.63) is 59.7 Å². The van der Waals surface area contributed by atoms with E-state index in [1.54, 1.807) is 52.1 Å². The van der Waals surface area contributed by atoms with Crippen molar-refractivity contribution >= 4 is 27.1 Å². The van der Waals surface area contributed by atoms with Crippen LogP contribution in [0.4, 0.5) is 34.6 Å². The molecule has 11 heteroatoms. The quantitative estimate of drug-likeness (QED) is 0.302. The average molecular weight is 511 g/mol. The predicted molar refractivity (Wildman–Crippen MR) is 132 cm³/mol. The van der Waals surface area contributed by atoms with Gasteiger partial charge in [-0.05, 0) is 23.8 Å². The summed E-state index contributed by atoms with van der Waals surface area (Å²) < 4.78 is 84.1. The van der Waals surface area contributed by atoms with E-state index in [0.29, 0.717) is 11.4 Å². The van der Waals surface area contributed by atoms with E-state index in [-0.39, 0.29) is 5.56 Å². The molecular formula is C24H26F4N4O2S. The van der Waals surface area contributed by atoms with Gasteiger partial charge in [0.1, 0.15) is 0 Å². The molecule has 0 atom stereocenters. The molecule has 0 amide bonds. The van der Waals surface area contributed by atoms with Gasteiger partial charge in [-0.3, -0.25) is 0 Å². The van der Waals surface area contributed by atoms with Gasteiger partial charge in [-0.15, -0.1) is 0 Å². The zero-order valence-electron chi connectivity index (χ0n) is 20.1. The van der Waals surface area contributed by atoms with E-state index in [1.807, 2.05) is 4.90 Å². The van der Waals surface area contributed by atoms with Gasteiger partial charge in [0, 0.05) is 59.0 Å². The SMILES string of the molecule is CN(C)c1cc(-c2c(F)c(F)c(F)c(F)c2-c2ccccc2S(N)(=O)=O)cc(N(C)C)c1N(C)C. The highest BCUT2D eigenvalue weighted by Gasteiger charge is 2.31. The summed E-state index contributed by atoms with van der Waals surface area (Å²) in [7, 11) is 6.15. The molecule has 0 fully saturated rings. The van der Waals surface area contributed by atoms with Crippen LogP contribution < -0.4 is 19.8 Å². The van der Waals surface area contributed by atoms with Crippen LogP contribution in [0.25, 0.3) is 22.3 Å². The van der Waals surface area contributed by atoms with Gasteiger partial charge in [0.15, 0.2) is 23.3 Å². The molecule has 6 nitrogen and oxygen atoms in total. The number of sulfonamides is 1. The lowest BCUT2D eigenvalue weighted by molar-refractivity contribution is 0.412. The molecule has 0 saturated heterocycles. The van der Waals surface area contributed by atoms with Gasteiger partial charge in [0.2, 0.25) is 10.0 Å². The molecule has 0 aliphatic carbocycles. The smallest absolute Gasteiger partial charge is 0.238 e. The molecule has 0 bridgehead atoms. The Kier molecular flexibility index (Phi) is 7.05. The molecule has 0 spiro atoms. The van der Waals surface area contributed by atoms with Gasteiger partial charge in [0.05, 0.1) is 22.0 Å². The summed E-state index contributed by atoms with van der Waals surface area (Å²) in [5.74, 6) is -7.46. The maximum atomic E-state index is 15.4. The van der Waals surface area contributed by atoms with Crippen molar-refractivity contribution in [3.8, 4) is 22.3 Å². The number of anilines is 3. The molecule has 35 heavy (non-hydrogen) atoms. The van der Waals surface area contributed by atoms with Gasteiger partial charge >= 0.3 is 0 Å². The summed E-state index contributed by atoms with van der Waals surface area (Å²) in [6.07, 6.45) is 0. The Hall–Kier alpha value is -3.31. The second kappa shape index (κ2) is 9.38. The molecule has 0 aromatic heterocycles. The molecule has 2 N–H and O–H groups in total. The number of nitrogens with zero attached hydrogens (tertiary/aromatic N) is 3. The maximum Gasteiger partial charge on any atom is 0.238 e. The van der Waals surface area contributed by atoms with Crippen molar-refractivity contribution in [1.29, 1.82) is 0 Å². The Morgan fingerprint density at radius 3 is 1.57 bits per heavy atom. The van der Waals surface area contributed by atoms with Crippen molar-refractivity contribution in [3.63, 3.8) is 0 Å². The molecule has 3 aromatic carbocycles. The average Bonchev–Trinajstić information content (AvgIpc) is 2.78. The van der Waals surface area contributed by atoms with E-state index in [4.69, 9.17) is 5.14 Å². The monoisotopic (exact) mass is 510 g/mol. The number of rotatable bonds is 6. The largest absolute Gasteiger partial charge is 0.376 e. The second-order valence-corrected chi connectivity index (χ2v) is 10.1. The van der Waals surface area contributed by atoms with Gasteiger partial charge in [-0.25, -0.2) is 31.1 Å². The molecular weight excluding hydrogens is 484 g/mol. The fraction of sp³-hybridized carbons (Fsp3) is 0.250. The van der Waals surface area contributed by atoms with E-state index in [1.165, 1.54) is 24.3 Å². The molecule has 0 aliphatic rings. The van der Waals surface area contributed by atoms with Gasteiger partial charge < -0.3 is 14.7 Å². The molecule has 0 unspecified atom stereocenters. The first-order chi connectivity index (χ1) is 16.2. The summed E-state index contributed by atoms with van der Waals surface area (Å²) in [4.78, 5) is 4.74. The highest BCUT2D eigenvalue weighted by atomic mass is 32.2. The van der Waals surface area contributed by atoms with Crippen molar-refractivity contribution in [1.82, 2.24) is 0 Å². The lowest BCUT2D eigenvalue weighted by Gasteiger charge is -2.30. The predicted octanol–water partition coefficient (Wildman–Crippen LogP) is 4.42. The minimum atomic E-state index is -4.42. The minimum absolute atomic E-state index is 0.0116. The van der Waals surface area contributed by atoms with E-state index in [0.717, 1.165) is 17.8 Å². The Bertz CT molecular complexity index is 1380. The fourth-order valence-corrected chi connectivity index (χ4v) is 4.71. The standard InChI is InChI=1S/C24H26F4N4O2S/c1-30(2)15-11-13(12-16(31(3)4)24(15)32(5)6)18-19(21(26)23(28)22(27)20(18)25)14-9-7-8-10-17(14)35(29,33)34/h7-12H,1-6H3,(H2,29,33,34). The fourth-order valence-electron chi connectivity index (χ4n) is 3.97. The zero-order valence-corrected chi connectivity index (χ0v) is 20.9. The number of nitrogens with two attached hydrogens (primary N) is 1. The molecule has 188 valence electrons. The third-order valence-electron chi connectivity index (χ3n) is 5.50. The van der Waals surface area contributed by atoms with E-state index >= 15 is 8.78 Å². The van der Waals surface area contributed by atoms with Gasteiger partial charge in [-0.1, -0.05) is 18.2 Å². The normalized spacial score (nSPS) is 11.5. The highest BCUT2D eigenvalue weighted by molar-refractivity contribution is 7.89. The first-order valence-corrected chi connectivity index (χ1v) is 11.9. The molecule has 0 heterocycles. The Labute approximate surface area is 202 Å². The van der Waals surface area contributed by atoms with Crippen molar-refractivity contribution in [2.75, 3.05) is 57.0 Å². The minimum Gasteiger partial charge on any atom is -0.376 e. The summed E-state index contributed by atoms with van der Waals surface area (Å²) in [6, 6.07) is 7.93. The number of hydrogen-bond donors (Lipinski definition) is 1. The Morgan fingerprint density at radius 2 is 1.14 bits per heavy atom. The molecule has 0 saturated carbocycles.